The van der Waals surface area contributed by atoms with Crippen molar-refractivity contribution in [3.8, 4) is 17.1 Å². The van der Waals surface area contributed by atoms with Gasteiger partial charge >= 0.3 is 5.97 Å². The number of phenols is 1. The second-order valence-corrected chi connectivity index (χ2v) is 7.85. The molecule has 8 heteroatoms. The normalized spacial score (nSPS) is 19.4. The summed E-state index contributed by atoms with van der Waals surface area (Å²) in [5, 5.41) is 11.1. The molecular formula is C22H23N5O3. The number of aromatic amines is 1. The van der Waals surface area contributed by atoms with Gasteiger partial charge in [0.15, 0.2) is 0 Å². The predicted molar refractivity (Wildman–Crippen MR) is 113 cm³/mol. The van der Waals surface area contributed by atoms with Crippen molar-refractivity contribution in [3.63, 3.8) is 0 Å². The lowest BCUT2D eigenvalue weighted by Gasteiger charge is -2.26. The number of aromatic hydroxyl groups is 1. The molecule has 0 bridgehead atoms. The fourth-order valence-electron chi connectivity index (χ4n) is 4.58. The predicted octanol–water partition coefficient (Wildman–Crippen LogP) is 3.61. The fraction of sp³-hybridized carbons (Fsp3) is 0.318. The van der Waals surface area contributed by atoms with Gasteiger partial charge in [-0.25, -0.2) is 9.97 Å². The molecule has 1 aliphatic rings. The monoisotopic (exact) mass is 405 g/mol. The molecule has 0 unspecified atom stereocenters. The highest BCUT2D eigenvalue weighted by Gasteiger charge is 2.31. The SMILES string of the molecule is COC(=O)C1CCC(c2nc(-c3cc4cccc(O)c4[nH]3)c3c(N)nccn23)CC1. The number of carbonyl (C=O) groups is 1. The molecule has 30 heavy (non-hydrogen) atoms. The molecule has 5 rings (SSSR count). The Morgan fingerprint density at radius 2 is 2.10 bits per heavy atom. The van der Waals surface area contributed by atoms with Gasteiger partial charge in [-0.15, -0.1) is 0 Å². The molecule has 8 nitrogen and oxygen atoms in total. The molecule has 0 atom stereocenters. The van der Waals surface area contributed by atoms with Crippen molar-refractivity contribution in [2.24, 2.45) is 5.92 Å². The summed E-state index contributed by atoms with van der Waals surface area (Å²) in [6.07, 6.45) is 6.82. The Kier molecular flexibility index (Phi) is 4.34. The summed E-state index contributed by atoms with van der Waals surface area (Å²) in [6.45, 7) is 0. The van der Waals surface area contributed by atoms with Crippen LogP contribution in [0.3, 0.4) is 0 Å². The highest BCUT2D eigenvalue weighted by Crippen LogP contribution is 2.39. The van der Waals surface area contributed by atoms with Gasteiger partial charge in [0, 0.05) is 23.7 Å². The summed E-state index contributed by atoms with van der Waals surface area (Å²) < 4.78 is 6.91. The summed E-state index contributed by atoms with van der Waals surface area (Å²) in [7, 11) is 1.44. The molecule has 154 valence electrons. The van der Waals surface area contributed by atoms with Crippen molar-refractivity contribution >= 4 is 28.2 Å². The number of fused-ring (bicyclic) bond motifs is 2. The van der Waals surface area contributed by atoms with Crippen LogP contribution >= 0.6 is 0 Å². The molecule has 0 radical (unpaired) electrons. The first-order chi connectivity index (χ1) is 14.6. The van der Waals surface area contributed by atoms with Gasteiger partial charge < -0.3 is 20.6 Å². The number of nitrogens with zero attached hydrogens (tertiary/aromatic N) is 3. The lowest BCUT2D eigenvalue weighted by atomic mass is 9.81. The molecule has 0 spiro atoms. The van der Waals surface area contributed by atoms with Gasteiger partial charge in [0.2, 0.25) is 0 Å². The Labute approximate surface area is 172 Å². The Hall–Kier alpha value is -3.55. The number of ether oxygens (including phenoxy) is 1. The van der Waals surface area contributed by atoms with Crippen molar-refractivity contribution in [2.45, 2.75) is 31.6 Å². The zero-order chi connectivity index (χ0) is 20.8. The second-order valence-electron chi connectivity index (χ2n) is 7.85. The van der Waals surface area contributed by atoms with Gasteiger partial charge in [-0.05, 0) is 37.8 Å². The lowest BCUT2D eigenvalue weighted by Crippen LogP contribution is -2.23. The maximum atomic E-state index is 11.9. The van der Waals surface area contributed by atoms with Crippen molar-refractivity contribution in [1.82, 2.24) is 19.4 Å². The molecule has 1 saturated carbocycles. The maximum absolute atomic E-state index is 11.9. The quantitative estimate of drug-likeness (QED) is 0.448. The van der Waals surface area contributed by atoms with Crippen LogP contribution in [0.4, 0.5) is 5.82 Å². The number of benzene rings is 1. The van der Waals surface area contributed by atoms with E-state index in [9.17, 15) is 9.90 Å². The molecule has 0 aliphatic heterocycles. The van der Waals surface area contributed by atoms with Crippen molar-refractivity contribution in [2.75, 3.05) is 12.8 Å². The molecular weight excluding hydrogens is 382 g/mol. The third kappa shape index (κ3) is 2.87. The van der Waals surface area contributed by atoms with Gasteiger partial charge in [0.1, 0.15) is 28.6 Å². The number of aromatic nitrogens is 4. The smallest absolute Gasteiger partial charge is 0.308 e. The summed E-state index contributed by atoms with van der Waals surface area (Å²) in [4.78, 5) is 24.4. The average molecular weight is 405 g/mol. The number of hydrogen-bond donors (Lipinski definition) is 3. The zero-order valence-electron chi connectivity index (χ0n) is 16.6. The lowest BCUT2D eigenvalue weighted by molar-refractivity contribution is -0.146. The minimum atomic E-state index is -0.131. The first-order valence-electron chi connectivity index (χ1n) is 10.1. The minimum Gasteiger partial charge on any atom is -0.506 e. The summed E-state index contributed by atoms with van der Waals surface area (Å²) >= 11 is 0. The topological polar surface area (TPSA) is 119 Å². The van der Waals surface area contributed by atoms with Crippen LogP contribution in [0.15, 0.2) is 36.7 Å². The second kappa shape index (κ2) is 7.05. The van der Waals surface area contributed by atoms with E-state index in [1.54, 1.807) is 12.3 Å². The minimum absolute atomic E-state index is 0.0413. The average Bonchev–Trinajstić information content (AvgIpc) is 3.37. The van der Waals surface area contributed by atoms with Crippen LogP contribution in [0.5, 0.6) is 5.75 Å². The standard InChI is InChI=1S/C22H23N5O3/c1-30-22(29)13-7-5-12(6-8-13)21-26-18(19-20(23)24-9-10-27(19)21)15-11-14-3-2-4-16(28)17(14)25-15/h2-4,9-13,25,28H,5-8H2,1H3,(H2,23,24). The number of phenolic OH excluding ortho intramolecular Hbond substituents is 1. The largest absolute Gasteiger partial charge is 0.506 e. The number of anilines is 1. The zero-order valence-corrected chi connectivity index (χ0v) is 16.6. The van der Waals surface area contributed by atoms with Crippen LogP contribution in [0.2, 0.25) is 0 Å². The van der Waals surface area contributed by atoms with Crippen LogP contribution in [0.1, 0.15) is 37.4 Å². The molecule has 1 aliphatic carbocycles. The Balaban J connectivity index is 1.59. The van der Waals surface area contributed by atoms with Crippen LogP contribution < -0.4 is 5.73 Å². The number of H-pyrrole nitrogens is 1. The molecule has 3 aromatic heterocycles. The number of hydrogen-bond acceptors (Lipinski definition) is 6. The maximum Gasteiger partial charge on any atom is 0.308 e. The van der Waals surface area contributed by atoms with Crippen molar-refractivity contribution in [3.05, 3.63) is 42.5 Å². The number of nitrogens with two attached hydrogens (primary N) is 1. The third-order valence-electron chi connectivity index (χ3n) is 6.13. The van der Waals surface area contributed by atoms with E-state index in [4.69, 9.17) is 15.5 Å². The molecule has 4 aromatic rings. The number of esters is 1. The van der Waals surface area contributed by atoms with Gasteiger partial charge in [-0.2, -0.15) is 0 Å². The number of rotatable bonds is 3. The number of nitrogens with one attached hydrogen (secondary N) is 1. The third-order valence-corrected chi connectivity index (χ3v) is 6.13. The van der Waals surface area contributed by atoms with E-state index in [2.05, 4.69) is 9.97 Å². The summed E-state index contributed by atoms with van der Waals surface area (Å²) in [6, 6.07) is 7.35. The Morgan fingerprint density at radius 1 is 1.30 bits per heavy atom. The Morgan fingerprint density at radius 3 is 2.83 bits per heavy atom. The van der Waals surface area contributed by atoms with Gasteiger partial charge in [0.25, 0.3) is 0 Å². The molecule has 1 fully saturated rings. The van der Waals surface area contributed by atoms with Crippen LogP contribution in [0.25, 0.3) is 27.8 Å². The van der Waals surface area contributed by atoms with Crippen molar-refractivity contribution in [1.29, 1.82) is 0 Å². The summed E-state index contributed by atoms with van der Waals surface area (Å²) in [5.41, 5.74) is 9.14. The van der Waals surface area contributed by atoms with Gasteiger partial charge in [-0.3, -0.25) is 9.20 Å². The molecule has 0 saturated heterocycles. The van der Waals surface area contributed by atoms with E-state index in [1.807, 2.05) is 28.8 Å². The highest BCUT2D eigenvalue weighted by atomic mass is 16.5. The summed E-state index contributed by atoms with van der Waals surface area (Å²) in [5.74, 6) is 1.55. The molecule has 4 N–H and O–H groups in total. The van der Waals surface area contributed by atoms with E-state index in [0.29, 0.717) is 17.0 Å². The number of para-hydroxylation sites is 1. The van der Waals surface area contributed by atoms with E-state index < -0.39 is 0 Å². The van der Waals surface area contributed by atoms with E-state index in [-0.39, 0.29) is 23.6 Å². The number of carbonyl (C=O) groups excluding carboxylic acids is 1. The van der Waals surface area contributed by atoms with Crippen LogP contribution in [-0.2, 0) is 9.53 Å². The van der Waals surface area contributed by atoms with Crippen LogP contribution in [-0.4, -0.2) is 37.5 Å². The number of methoxy groups -OCH3 is 1. The van der Waals surface area contributed by atoms with Gasteiger partial charge in [-0.1, -0.05) is 12.1 Å². The Bertz CT molecular complexity index is 1250. The molecule has 1 aromatic carbocycles. The van der Waals surface area contributed by atoms with E-state index >= 15 is 0 Å². The number of nitrogen functional groups attached to an aromatic ring is 1. The van der Waals surface area contributed by atoms with Crippen LogP contribution in [0, 0.1) is 5.92 Å². The van der Waals surface area contributed by atoms with E-state index in [0.717, 1.165) is 48.1 Å². The first kappa shape index (κ1) is 18.5. The van der Waals surface area contributed by atoms with Crippen molar-refractivity contribution < 1.29 is 14.6 Å². The molecule has 0 amide bonds. The fourth-order valence-corrected chi connectivity index (χ4v) is 4.58. The highest BCUT2D eigenvalue weighted by molar-refractivity contribution is 5.93. The van der Waals surface area contributed by atoms with Gasteiger partial charge in [0.05, 0.1) is 24.2 Å². The van der Waals surface area contributed by atoms with E-state index in [1.165, 1.54) is 7.11 Å². The number of imidazole rings is 1. The molecule has 3 heterocycles. The first-order valence-corrected chi connectivity index (χ1v) is 10.1.